The maximum Gasteiger partial charge on any atom is 0.0525 e. The van der Waals surface area contributed by atoms with Gasteiger partial charge < -0.3 is 0 Å². The Morgan fingerprint density at radius 1 is 1.06 bits per heavy atom. The molecule has 2 aromatic rings. The average molecular weight is 256 g/mol. The van der Waals surface area contributed by atoms with Crippen LogP contribution in [0, 0.1) is 18.8 Å². The third-order valence-electron chi connectivity index (χ3n) is 2.52. The fraction of sp³-hybridized carbons (Fsp3) is 0.188. The molecule has 1 nitrogen and oxygen atoms in total. The molecule has 0 bridgehead atoms. The molecule has 1 heterocycles. The van der Waals surface area contributed by atoms with Gasteiger partial charge in [-0.05, 0) is 36.8 Å². The first-order valence-electron chi connectivity index (χ1n) is 5.87. The third-order valence-corrected chi connectivity index (χ3v) is 2.76. The van der Waals surface area contributed by atoms with Gasteiger partial charge >= 0.3 is 0 Å². The van der Waals surface area contributed by atoms with E-state index < -0.39 is 0 Å². The molecule has 90 valence electrons. The highest BCUT2D eigenvalue weighted by Gasteiger charge is 1.92. The molecule has 18 heavy (non-hydrogen) atoms. The van der Waals surface area contributed by atoms with Crippen LogP contribution in [0.5, 0.6) is 0 Å². The van der Waals surface area contributed by atoms with Crippen molar-refractivity contribution < 1.29 is 0 Å². The zero-order chi connectivity index (χ0) is 12.8. The summed E-state index contributed by atoms with van der Waals surface area (Å²) in [6, 6.07) is 13.8. The van der Waals surface area contributed by atoms with E-state index in [1.54, 1.807) is 0 Å². The molecule has 0 amide bonds. The van der Waals surface area contributed by atoms with E-state index in [2.05, 4.69) is 16.8 Å². The van der Waals surface area contributed by atoms with Crippen molar-refractivity contribution in [1.82, 2.24) is 4.98 Å². The maximum atomic E-state index is 5.91. The lowest BCUT2D eigenvalue weighted by Crippen LogP contribution is -1.89. The van der Waals surface area contributed by atoms with Gasteiger partial charge in [-0.15, -0.1) is 0 Å². The summed E-state index contributed by atoms with van der Waals surface area (Å²) in [5.74, 6) is 6.29. The molecule has 2 heteroatoms. The first-order valence-corrected chi connectivity index (χ1v) is 6.24. The molecule has 0 aliphatic carbocycles. The van der Waals surface area contributed by atoms with Gasteiger partial charge in [-0.1, -0.05) is 41.6 Å². The highest BCUT2D eigenvalue weighted by Crippen LogP contribution is 2.10. The second-order valence-corrected chi connectivity index (χ2v) is 4.54. The Kier molecular flexibility index (Phi) is 4.39. The number of pyridine rings is 1. The fourth-order valence-electron chi connectivity index (χ4n) is 1.66. The summed E-state index contributed by atoms with van der Waals surface area (Å²) in [7, 11) is 0. The Morgan fingerprint density at radius 3 is 2.61 bits per heavy atom. The molecule has 0 unspecified atom stereocenters. The van der Waals surface area contributed by atoms with Gasteiger partial charge in [-0.2, -0.15) is 0 Å². The van der Waals surface area contributed by atoms with Crippen LogP contribution in [0.25, 0.3) is 0 Å². The molecular weight excluding hydrogens is 242 g/mol. The van der Waals surface area contributed by atoms with E-state index in [1.807, 2.05) is 49.4 Å². The first-order chi connectivity index (χ1) is 8.74. The molecular formula is C16H14ClN. The van der Waals surface area contributed by atoms with Gasteiger partial charge in [-0.25, -0.2) is 0 Å². The highest BCUT2D eigenvalue weighted by molar-refractivity contribution is 6.30. The Hall–Kier alpha value is -1.78. The van der Waals surface area contributed by atoms with Crippen molar-refractivity contribution >= 4 is 11.6 Å². The van der Waals surface area contributed by atoms with E-state index in [4.69, 9.17) is 11.6 Å². The molecule has 0 aliphatic heterocycles. The molecule has 0 saturated heterocycles. The van der Waals surface area contributed by atoms with Crippen LogP contribution in [0.3, 0.4) is 0 Å². The summed E-state index contributed by atoms with van der Waals surface area (Å²) in [6.45, 7) is 1.99. The minimum atomic E-state index is 0.697. The fourth-order valence-corrected chi connectivity index (χ4v) is 1.88. The van der Waals surface area contributed by atoms with Gasteiger partial charge in [0.15, 0.2) is 0 Å². The summed E-state index contributed by atoms with van der Waals surface area (Å²) >= 11 is 5.91. The number of hydrogen-bond acceptors (Lipinski definition) is 1. The molecule has 0 atom stereocenters. The number of aromatic nitrogens is 1. The average Bonchev–Trinajstić information content (AvgIpc) is 2.35. The van der Waals surface area contributed by atoms with Crippen LogP contribution in [0.1, 0.15) is 17.0 Å². The standard InChI is InChI=1S/C16H14ClN/c1-13-6-4-11-16(18-13)10-3-2-7-14-8-5-9-15(17)12-14/h4-6,8-9,11-12H,7,10H2,1H3. The lowest BCUT2D eigenvalue weighted by molar-refractivity contribution is 1.08. The Bertz CT molecular complexity index is 542. The van der Waals surface area contributed by atoms with E-state index >= 15 is 0 Å². The van der Waals surface area contributed by atoms with Crippen LogP contribution >= 0.6 is 11.6 Å². The minimum Gasteiger partial charge on any atom is -0.257 e. The van der Waals surface area contributed by atoms with E-state index in [-0.39, 0.29) is 0 Å². The van der Waals surface area contributed by atoms with Crippen molar-refractivity contribution in [3.05, 3.63) is 64.4 Å². The summed E-state index contributed by atoms with van der Waals surface area (Å²) in [4.78, 5) is 4.41. The third kappa shape index (κ3) is 3.91. The predicted octanol–water partition coefficient (Wildman–Crippen LogP) is 3.83. The van der Waals surface area contributed by atoms with Crippen molar-refractivity contribution in [2.24, 2.45) is 0 Å². The van der Waals surface area contributed by atoms with Crippen molar-refractivity contribution in [2.75, 3.05) is 0 Å². The molecule has 0 aliphatic rings. The number of rotatable bonds is 2. The predicted molar refractivity (Wildman–Crippen MR) is 75.6 cm³/mol. The van der Waals surface area contributed by atoms with Crippen LogP contribution in [0.4, 0.5) is 0 Å². The molecule has 1 aromatic carbocycles. The topological polar surface area (TPSA) is 12.9 Å². The molecule has 0 fully saturated rings. The smallest absolute Gasteiger partial charge is 0.0525 e. The van der Waals surface area contributed by atoms with Gasteiger partial charge in [0.05, 0.1) is 12.1 Å². The maximum absolute atomic E-state index is 5.91. The largest absolute Gasteiger partial charge is 0.257 e. The second kappa shape index (κ2) is 6.23. The van der Waals surface area contributed by atoms with Gasteiger partial charge in [0.1, 0.15) is 0 Å². The van der Waals surface area contributed by atoms with Crippen LogP contribution in [0.2, 0.25) is 5.02 Å². The quantitative estimate of drug-likeness (QED) is 0.744. The minimum absolute atomic E-state index is 0.697. The van der Waals surface area contributed by atoms with Crippen LogP contribution in [-0.2, 0) is 12.8 Å². The van der Waals surface area contributed by atoms with Crippen molar-refractivity contribution in [1.29, 1.82) is 0 Å². The number of nitrogens with zero attached hydrogens (tertiary/aromatic N) is 1. The monoisotopic (exact) mass is 255 g/mol. The lowest BCUT2D eigenvalue weighted by atomic mass is 10.1. The Balaban J connectivity index is 1.94. The number of aryl methyl sites for hydroxylation is 1. The van der Waals surface area contributed by atoms with Gasteiger partial charge in [-0.3, -0.25) is 4.98 Å². The Morgan fingerprint density at radius 2 is 1.83 bits per heavy atom. The van der Waals surface area contributed by atoms with Crippen molar-refractivity contribution in [2.45, 2.75) is 19.8 Å². The summed E-state index contributed by atoms with van der Waals surface area (Å²) in [5.41, 5.74) is 3.20. The van der Waals surface area contributed by atoms with Gasteiger partial charge in [0.25, 0.3) is 0 Å². The van der Waals surface area contributed by atoms with Gasteiger partial charge in [0, 0.05) is 17.1 Å². The SMILES string of the molecule is Cc1cccc(CC#CCc2cccc(Cl)c2)n1. The van der Waals surface area contributed by atoms with Crippen molar-refractivity contribution in [3.63, 3.8) is 0 Å². The Labute approximate surface area is 113 Å². The zero-order valence-corrected chi connectivity index (χ0v) is 11.0. The molecule has 0 spiro atoms. The highest BCUT2D eigenvalue weighted by atomic mass is 35.5. The van der Waals surface area contributed by atoms with E-state index in [1.165, 1.54) is 0 Å². The molecule has 0 N–H and O–H groups in total. The molecule has 0 saturated carbocycles. The van der Waals surface area contributed by atoms with E-state index in [0.29, 0.717) is 6.42 Å². The van der Waals surface area contributed by atoms with Crippen molar-refractivity contribution in [3.8, 4) is 11.8 Å². The lowest BCUT2D eigenvalue weighted by Gasteiger charge is -1.96. The summed E-state index contributed by atoms with van der Waals surface area (Å²) in [6.07, 6.45) is 1.43. The van der Waals surface area contributed by atoms with Gasteiger partial charge in [0.2, 0.25) is 0 Å². The molecule has 2 rings (SSSR count). The number of halogens is 1. The molecule has 1 aromatic heterocycles. The summed E-state index contributed by atoms with van der Waals surface area (Å²) < 4.78 is 0. The number of benzene rings is 1. The van der Waals surface area contributed by atoms with Crippen LogP contribution in [0.15, 0.2) is 42.5 Å². The summed E-state index contributed by atoms with van der Waals surface area (Å²) in [5, 5.41) is 0.759. The second-order valence-electron chi connectivity index (χ2n) is 4.11. The van der Waals surface area contributed by atoms with Crippen LogP contribution < -0.4 is 0 Å². The number of hydrogen-bond donors (Lipinski definition) is 0. The first kappa shape index (κ1) is 12.7. The molecule has 0 radical (unpaired) electrons. The van der Waals surface area contributed by atoms with E-state index in [9.17, 15) is 0 Å². The van der Waals surface area contributed by atoms with Crippen LogP contribution in [-0.4, -0.2) is 4.98 Å². The normalized spacial score (nSPS) is 9.67. The van der Waals surface area contributed by atoms with E-state index in [0.717, 1.165) is 28.4 Å². The zero-order valence-electron chi connectivity index (χ0n) is 10.3.